The SMILES string of the molecule is CCCCCCCC(=O)NC(=S)Nc1ccc(CC(=O)N(C)C)cc1. The van der Waals surface area contributed by atoms with Gasteiger partial charge in [-0.05, 0) is 36.3 Å². The topological polar surface area (TPSA) is 61.4 Å². The van der Waals surface area contributed by atoms with Crippen molar-refractivity contribution in [3.63, 3.8) is 0 Å². The molecule has 0 saturated carbocycles. The fraction of sp³-hybridized carbons (Fsp3) is 0.526. The van der Waals surface area contributed by atoms with E-state index in [1.807, 2.05) is 24.3 Å². The minimum atomic E-state index is -0.0535. The van der Waals surface area contributed by atoms with Gasteiger partial charge >= 0.3 is 0 Å². The number of hydrogen-bond donors (Lipinski definition) is 2. The zero-order chi connectivity index (χ0) is 18.7. The van der Waals surface area contributed by atoms with E-state index in [-0.39, 0.29) is 11.8 Å². The van der Waals surface area contributed by atoms with Gasteiger partial charge in [0, 0.05) is 26.2 Å². The van der Waals surface area contributed by atoms with Crippen LogP contribution in [0.1, 0.15) is 51.0 Å². The Labute approximate surface area is 156 Å². The number of likely N-dealkylation sites (N-methyl/N-ethyl adjacent to an activating group) is 1. The van der Waals surface area contributed by atoms with Gasteiger partial charge in [0.05, 0.1) is 6.42 Å². The van der Waals surface area contributed by atoms with E-state index in [9.17, 15) is 9.59 Å². The van der Waals surface area contributed by atoms with Gasteiger partial charge in [0.1, 0.15) is 0 Å². The normalized spacial score (nSPS) is 10.2. The molecule has 1 aromatic carbocycles. The van der Waals surface area contributed by atoms with E-state index in [0.29, 0.717) is 18.0 Å². The predicted molar refractivity (Wildman–Crippen MR) is 107 cm³/mol. The first kappa shape index (κ1) is 21.1. The van der Waals surface area contributed by atoms with Gasteiger partial charge in [0.25, 0.3) is 0 Å². The monoisotopic (exact) mass is 363 g/mol. The molecule has 0 saturated heterocycles. The molecule has 0 heterocycles. The highest BCUT2D eigenvalue weighted by Crippen LogP contribution is 2.11. The standard InChI is InChI=1S/C19H29N3O2S/c1-4-5-6-7-8-9-17(23)21-19(25)20-16-12-10-15(11-13-16)14-18(24)22(2)3/h10-13H,4-9,14H2,1-3H3,(H2,20,21,23,25). The highest BCUT2D eigenvalue weighted by molar-refractivity contribution is 7.80. The summed E-state index contributed by atoms with van der Waals surface area (Å²) in [4.78, 5) is 25.1. The summed E-state index contributed by atoms with van der Waals surface area (Å²) in [5.41, 5.74) is 1.72. The van der Waals surface area contributed by atoms with Crippen LogP contribution >= 0.6 is 12.2 Å². The molecule has 0 aliphatic rings. The van der Waals surface area contributed by atoms with E-state index in [1.54, 1.807) is 19.0 Å². The van der Waals surface area contributed by atoms with Gasteiger partial charge in [-0.3, -0.25) is 9.59 Å². The van der Waals surface area contributed by atoms with E-state index in [4.69, 9.17) is 12.2 Å². The number of thiocarbonyl (C=S) groups is 1. The number of benzene rings is 1. The molecule has 0 atom stereocenters. The van der Waals surface area contributed by atoms with Crippen LogP contribution in [0.25, 0.3) is 0 Å². The van der Waals surface area contributed by atoms with Crippen molar-refractivity contribution < 1.29 is 9.59 Å². The van der Waals surface area contributed by atoms with Crippen LogP contribution in [0.5, 0.6) is 0 Å². The van der Waals surface area contributed by atoms with Crippen LogP contribution in [-0.2, 0) is 16.0 Å². The Kier molecular flexibility index (Phi) is 9.77. The van der Waals surface area contributed by atoms with E-state index in [2.05, 4.69) is 17.6 Å². The average Bonchev–Trinajstić information content (AvgIpc) is 2.56. The lowest BCUT2D eigenvalue weighted by Crippen LogP contribution is -2.33. The van der Waals surface area contributed by atoms with Crippen molar-refractivity contribution in [3.8, 4) is 0 Å². The average molecular weight is 364 g/mol. The van der Waals surface area contributed by atoms with Crippen molar-refractivity contribution in [2.45, 2.75) is 51.9 Å². The molecule has 0 aromatic heterocycles. The first-order chi connectivity index (χ1) is 11.9. The van der Waals surface area contributed by atoms with E-state index in [0.717, 1.165) is 24.1 Å². The second-order valence-corrected chi connectivity index (χ2v) is 6.74. The van der Waals surface area contributed by atoms with Crippen LogP contribution in [0.2, 0.25) is 0 Å². The lowest BCUT2D eigenvalue weighted by atomic mass is 10.1. The summed E-state index contributed by atoms with van der Waals surface area (Å²) < 4.78 is 0. The fourth-order valence-corrected chi connectivity index (χ4v) is 2.51. The summed E-state index contributed by atoms with van der Waals surface area (Å²) in [6.45, 7) is 2.17. The Balaban J connectivity index is 2.34. The molecule has 1 rings (SSSR count). The van der Waals surface area contributed by atoms with E-state index < -0.39 is 0 Å². The summed E-state index contributed by atoms with van der Waals surface area (Å²) in [7, 11) is 3.48. The molecule has 0 aliphatic heterocycles. The molecule has 0 unspecified atom stereocenters. The lowest BCUT2D eigenvalue weighted by Gasteiger charge is -2.12. The van der Waals surface area contributed by atoms with Gasteiger partial charge in [-0.2, -0.15) is 0 Å². The summed E-state index contributed by atoms with van der Waals surface area (Å²) in [5, 5.41) is 5.99. The fourth-order valence-electron chi connectivity index (χ4n) is 2.28. The zero-order valence-electron chi connectivity index (χ0n) is 15.4. The minimum absolute atomic E-state index is 0.0535. The van der Waals surface area contributed by atoms with Crippen LogP contribution in [-0.4, -0.2) is 35.9 Å². The van der Waals surface area contributed by atoms with Gasteiger partial charge < -0.3 is 15.5 Å². The molecule has 138 valence electrons. The van der Waals surface area contributed by atoms with Crippen molar-refractivity contribution in [1.82, 2.24) is 10.2 Å². The van der Waals surface area contributed by atoms with Crippen molar-refractivity contribution >= 4 is 34.8 Å². The summed E-state index contributed by atoms with van der Waals surface area (Å²) in [6.07, 6.45) is 6.43. The van der Waals surface area contributed by atoms with Gasteiger partial charge in [0.2, 0.25) is 11.8 Å². The third kappa shape index (κ3) is 9.19. The number of unbranched alkanes of at least 4 members (excludes halogenated alkanes) is 4. The van der Waals surface area contributed by atoms with Crippen molar-refractivity contribution in [2.24, 2.45) is 0 Å². The maximum atomic E-state index is 11.8. The Bertz CT molecular complexity index is 571. The molecule has 0 spiro atoms. The molecule has 0 bridgehead atoms. The van der Waals surface area contributed by atoms with Gasteiger partial charge in [-0.15, -0.1) is 0 Å². The Morgan fingerprint density at radius 1 is 1.04 bits per heavy atom. The quantitative estimate of drug-likeness (QED) is 0.521. The molecule has 1 aromatic rings. The van der Waals surface area contributed by atoms with Crippen LogP contribution in [0.15, 0.2) is 24.3 Å². The van der Waals surface area contributed by atoms with Crippen LogP contribution in [0.4, 0.5) is 5.69 Å². The minimum Gasteiger partial charge on any atom is -0.349 e. The number of carbonyl (C=O) groups is 2. The Morgan fingerprint density at radius 2 is 1.68 bits per heavy atom. The first-order valence-corrected chi connectivity index (χ1v) is 9.23. The molecule has 5 nitrogen and oxygen atoms in total. The number of hydrogen-bond acceptors (Lipinski definition) is 3. The Morgan fingerprint density at radius 3 is 2.28 bits per heavy atom. The maximum Gasteiger partial charge on any atom is 0.226 e. The number of nitrogens with zero attached hydrogens (tertiary/aromatic N) is 1. The van der Waals surface area contributed by atoms with Crippen molar-refractivity contribution in [1.29, 1.82) is 0 Å². The molecule has 0 radical (unpaired) electrons. The summed E-state index contributed by atoms with van der Waals surface area (Å²) in [6, 6.07) is 7.45. The summed E-state index contributed by atoms with van der Waals surface area (Å²) in [5.74, 6) is 0.00429. The second kappa shape index (κ2) is 11.6. The van der Waals surface area contributed by atoms with Gasteiger partial charge in [0.15, 0.2) is 5.11 Å². The number of nitrogens with one attached hydrogen (secondary N) is 2. The lowest BCUT2D eigenvalue weighted by molar-refractivity contribution is -0.128. The van der Waals surface area contributed by atoms with Crippen molar-refractivity contribution in [3.05, 3.63) is 29.8 Å². The number of amides is 2. The van der Waals surface area contributed by atoms with Gasteiger partial charge in [-0.25, -0.2) is 0 Å². The number of rotatable bonds is 9. The third-order valence-corrected chi connectivity index (χ3v) is 4.03. The third-order valence-electron chi connectivity index (χ3n) is 3.83. The molecular formula is C19H29N3O2S. The summed E-state index contributed by atoms with van der Waals surface area (Å²) >= 11 is 5.17. The van der Waals surface area contributed by atoms with Crippen LogP contribution in [0, 0.1) is 0 Å². The number of carbonyl (C=O) groups excluding carboxylic acids is 2. The molecule has 2 N–H and O–H groups in total. The van der Waals surface area contributed by atoms with Gasteiger partial charge in [-0.1, -0.05) is 44.7 Å². The van der Waals surface area contributed by atoms with E-state index in [1.165, 1.54) is 19.3 Å². The zero-order valence-corrected chi connectivity index (χ0v) is 16.2. The largest absolute Gasteiger partial charge is 0.349 e. The van der Waals surface area contributed by atoms with E-state index >= 15 is 0 Å². The predicted octanol–water partition coefficient (Wildman–Crippen LogP) is 3.49. The maximum absolute atomic E-state index is 11.8. The molecule has 25 heavy (non-hydrogen) atoms. The van der Waals surface area contributed by atoms with Crippen LogP contribution in [0.3, 0.4) is 0 Å². The second-order valence-electron chi connectivity index (χ2n) is 6.33. The van der Waals surface area contributed by atoms with Crippen LogP contribution < -0.4 is 10.6 Å². The molecule has 0 fully saturated rings. The molecule has 6 heteroatoms. The highest BCUT2D eigenvalue weighted by Gasteiger charge is 2.07. The smallest absolute Gasteiger partial charge is 0.226 e. The molecule has 0 aliphatic carbocycles. The first-order valence-electron chi connectivity index (χ1n) is 8.82. The number of anilines is 1. The molecular weight excluding hydrogens is 334 g/mol. The van der Waals surface area contributed by atoms with Crippen molar-refractivity contribution in [2.75, 3.05) is 19.4 Å². The molecule has 2 amide bonds. The highest BCUT2D eigenvalue weighted by atomic mass is 32.1. The Hall–Kier alpha value is -1.95.